The van der Waals surface area contributed by atoms with E-state index in [0.29, 0.717) is 21.8 Å². The van der Waals surface area contributed by atoms with Gasteiger partial charge in [0.25, 0.3) is 0 Å². The van der Waals surface area contributed by atoms with Crippen LogP contribution in [0.5, 0.6) is 0 Å². The minimum absolute atomic E-state index is 0.0240. The first-order valence-electron chi connectivity index (χ1n) is 6.78. The number of oxazole rings is 1. The van der Waals surface area contributed by atoms with Crippen LogP contribution in [0.15, 0.2) is 44.6 Å². The van der Waals surface area contributed by atoms with Crippen molar-refractivity contribution in [3.8, 4) is 10.8 Å². The summed E-state index contributed by atoms with van der Waals surface area (Å²) >= 11 is 4.69. The third-order valence-electron chi connectivity index (χ3n) is 3.16. The first-order valence-corrected chi connectivity index (χ1v) is 8.45. The summed E-state index contributed by atoms with van der Waals surface area (Å²) < 4.78 is 19.9. The van der Waals surface area contributed by atoms with Gasteiger partial charge in [-0.25, -0.2) is 9.37 Å². The van der Waals surface area contributed by atoms with Gasteiger partial charge in [0.15, 0.2) is 0 Å². The van der Waals surface area contributed by atoms with Crippen LogP contribution in [0, 0.1) is 12.7 Å². The Labute approximate surface area is 144 Å². The Bertz CT molecular complexity index is 846. The maximum atomic E-state index is 13.7. The molecule has 3 rings (SSSR count). The third-order valence-corrected chi connectivity index (χ3v) is 4.51. The Balaban J connectivity index is 1.73. The van der Waals surface area contributed by atoms with Gasteiger partial charge in [0.2, 0.25) is 11.8 Å². The predicted molar refractivity (Wildman–Crippen MR) is 91.0 cm³/mol. The van der Waals surface area contributed by atoms with Crippen molar-refractivity contribution in [2.75, 3.05) is 5.32 Å². The summed E-state index contributed by atoms with van der Waals surface area (Å²) in [6.07, 6.45) is 0.0240. The maximum Gasteiger partial charge on any atom is 0.236 e. The largest absolute Gasteiger partial charge is 0.440 e. The van der Waals surface area contributed by atoms with Crippen LogP contribution < -0.4 is 5.32 Å². The van der Waals surface area contributed by atoms with Crippen LogP contribution in [0.2, 0.25) is 0 Å². The van der Waals surface area contributed by atoms with Crippen LogP contribution in [0.25, 0.3) is 10.8 Å². The van der Waals surface area contributed by atoms with Gasteiger partial charge in [0, 0.05) is 4.47 Å². The van der Waals surface area contributed by atoms with Gasteiger partial charge in [-0.2, -0.15) is 0 Å². The van der Waals surface area contributed by atoms with Crippen molar-refractivity contribution in [3.05, 3.63) is 57.5 Å². The van der Waals surface area contributed by atoms with Gasteiger partial charge >= 0.3 is 0 Å². The van der Waals surface area contributed by atoms with Gasteiger partial charge in [0.05, 0.1) is 22.7 Å². The van der Waals surface area contributed by atoms with Crippen molar-refractivity contribution < 1.29 is 13.6 Å². The van der Waals surface area contributed by atoms with Gasteiger partial charge in [0.1, 0.15) is 11.6 Å². The van der Waals surface area contributed by atoms with Crippen molar-refractivity contribution in [2.24, 2.45) is 0 Å². The number of rotatable bonds is 4. The molecule has 0 aliphatic heterocycles. The number of amides is 1. The quantitative estimate of drug-likeness (QED) is 0.691. The molecular formula is C16H12BrFN2O2S. The molecule has 0 spiro atoms. The molecule has 0 saturated heterocycles. The molecule has 1 aromatic carbocycles. The maximum absolute atomic E-state index is 13.7. The molecule has 7 heteroatoms. The van der Waals surface area contributed by atoms with Crippen LogP contribution in [0.1, 0.15) is 11.5 Å². The van der Waals surface area contributed by atoms with E-state index in [1.54, 1.807) is 13.0 Å². The number of halogens is 2. The van der Waals surface area contributed by atoms with Gasteiger partial charge in [-0.15, -0.1) is 11.3 Å². The fourth-order valence-electron chi connectivity index (χ4n) is 2.04. The summed E-state index contributed by atoms with van der Waals surface area (Å²) in [7, 11) is 0. The molecular weight excluding hydrogens is 383 g/mol. The zero-order valence-corrected chi connectivity index (χ0v) is 14.5. The lowest BCUT2D eigenvalue weighted by atomic mass is 10.2. The fourth-order valence-corrected chi connectivity index (χ4v) is 3.02. The fraction of sp³-hybridized carbons (Fsp3) is 0.125. The minimum atomic E-state index is -0.496. The van der Waals surface area contributed by atoms with E-state index in [4.69, 9.17) is 4.42 Å². The third kappa shape index (κ3) is 3.68. The number of hydrogen-bond donors (Lipinski definition) is 1. The average molecular weight is 395 g/mol. The van der Waals surface area contributed by atoms with Gasteiger partial charge in [-0.05, 0) is 36.6 Å². The van der Waals surface area contributed by atoms with Crippen LogP contribution in [-0.4, -0.2) is 10.9 Å². The molecule has 0 aliphatic carbocycles. The summed E-state index contributed by atoms with van der Waals surface area (Å²) in [5, 5.41) is 4.47. The van der Waals surface area contributed by atoms with Crippen molar-refractivity contribution in [3.63, 3.8) is 0 Å². The SMILES string of the molecule is Cc1oc(-c2cccs2)nc1CC(=O)Nc1ccc(Br)cc1F. The van der Waals surface area contributed by atoms with E-state index in [1.807, 2.05) is 17.5 Å². The summed E-state index contributed by atoms with van der Waals surface area (Å²) in [6, 6.07) is 8.27. The summed E-state index contributed by atoms with van der Waals surface area (Å²) in [5.41, 5.74) is 0.682. The molecule has 1 N–H and O–H groups in total. The second-order valence-corrected chi connectivity index (χ2v) is 6.71. The zero-order valence-electron chi connectivity index (χ0n) is 12.1. The standard InChI is InChI=1S/C16H12BrFN2O2S/c1-9-13(20-16(22-9)14-3-2-6-23-14)8-15(21)19-12-5-4-10(17)7-11(12)18/h2-7H,8H2,1H3,(H,19,21). The Morgan fingerprint density at radius 2 is 2.26 bits per heavy atom. The normalized spacial score (nSPS) is 10.7. The van der Waals surface area contributed by atoms with Gasteiger partial charge in [-0.1, -0.05) is 22.0 Å². The van der Waals surface area contributed by atoms with Crippen LogP contribution >= 0.6 is 27.3 Å². The van der Waals surface area contributed by atoms with E-state index in [9.17, 15) is 9.18 Å². The Kier molecular flexibility index (Phi) is 4.58. The van der Waals surface area contributed by atoms with E-state index in [2.05, 4.69) is 26.2 Å². The number of nitrogens with zero attached hydrogens (tertiary/aromatic N) is 1. The van der Waals surface area contributed by atoms with Crippen molar-refractivity contribution >= 4 is 38.9 Å². The van der Waals surface area contributed by atoms with E-state index in [-0.39, 0.29) is 18.0 Å². The molecule has 0 saturated carbocycles. The average Bonchev–Trinajstić information content (AvgIpc) is 3.13. The Morgan fingerprint density at radius 3 is 2.96 bits per heavy atom. The molecule has 2 heterocycles. The highest BCUT2D eigenvalue weighted by Gasteiger charge is 2.16. The van der Waals surface area contributed by atoms with Crippen LogP contribution in [-0.2, 0) is 11.2 Å². The monoisotopic (exact) mass is 394 g/mol. The van der Waals surface area contributed by atoms with Gasteiger partial charge < -0.3 is 9.73 Å². The number of nitrogens with one attached hydrogen (secondary N) is 1. The molecule has 0 unspecified atom stereocenters. The molecule has 118 valence electrons. The molecule has 0 radical (unpaired) electrons. The Morgan fingerprint density at radius 1 is 1.43 bits per heavy atom. The van der Waals surface area contributed by atoms with Crippen LogP contribution in [0.3, 0.4) is 0 Å². The molecule has 0 fully saturated rings. The predicted octanol–water partition coefficient (Wildman–Crippen LogP) is 4.79. The number of benzene rings is 1. The summed E-state index contributed by atoms with van der Waals surface area (Å²) in [5.74, 6) is 0.235. The number of hydrogen-bond acceptors (Lipinski definition) is 4. The molecule has 0 aliphatic rings. The number of anilines is 1. The highest BCUT2D eigenvalue weighted by molar-refractivity contribution is 9.10. The number of thiophene rings is 1. The smallest absolute Gasteiger partial charge is 0.236 e. The number of aryl methyl sites for hydroxylation is 1. The van der Waals surface area contributed by atoms with Crippen LogP contribution in [0.4, 0.5) is 10.1 Å². The molecule has 2 aromatic heterocycles. The van der Waals surface area contributed by atoms with Gasteiger partial charge in [-0.3, -0.25) is 4.79 Å². The second kappa shape index (κ2) is 6.64. The zero-order chi connectivity index (χ0) is 16.4. The summed E-state index contributed by atoms with van der Waals surface area (Å²) in [6.45, 7) is 1.76. The molecule has 4 nitrogen and oxygen atoms in total. The Hall–Kier alpha value is -1.99. The minimum Gasteiger partial charge on any atom is -0.440 e. The van der Waals surface area contributed by atoms with E-state index < -0.39 is 5.82 Å². The van der Waals surface area contributed by atoms with Crippen molar-refractivity contribution in [1.82, 2.24) is 4.98 Å². The highest BCUT2D eigenvalue weighted by atomic mass is 79.9. The van der Waals surface area contributed by atoms with E-state index >= 15 is 0 Å². The first kappa shape index (κ1) is 15.9. The lowest BCUT2D eigenvalue weighted by molar-refractivity contribution is -0.115. The van der Waals surface area contributed by atoms with Crippen molar-refractivity contribution in [2.45, 2.75) is 13.3 Å². The summed E-state index contributed by atoms with van der Waals surface area (Å²) in [4.78, 5) is 17.4. The number of carbonyl (C=O) groups is 1. The highest BCUT2D eigenvalue weighted by Crippen LogP contribution is 2.26. The lowest BCUT2D eigenvalue weighted by Gasteiger charge is -2.05. The molecule has 23 heavy (non-hydrogen) atoms. The second-order valence-electron chi connectivity index (χ2n) is 4.85. The molecule has 3 aromatic rings. The van der Waals surface area contributed by atoms with Crippen molar-refractivity contribution in [1.29, 1.82) is 0 Å². The topological polar surface area (TPSA) is 55.1 Å². The van der Waals surface area contributed by atoms with E-state index in [1.165, 1.54) is 23.5 Å². The first-order chi connectivity index (χ1) is 11.0. The number of carbonyl (C=O) groups excluding carboxylic acids is 1. The molecule has 0 bridgehead atoms. The lowest BCUT2D eigenvalue weighted by Crippen LogP contribution is -2.16. The molecule has 0 atom stereocenters. The number of aromatic nitrogens is 1. The molecule has 1 amide bonds. The van der Waals surface area contributed by atoms with E-state index in [0.717, 1.165) is 4.88 Å².